The van der Waals surface area contributed by atoms with Gasteiger partial charge in [-0.25, -0.2) is 0 Å². The number of alkyl halides is 1. The van der Waals surface area contributed by atoms with E-state index in [0.717, 1.165) is 6.29 Å². The smallest absolute Gasteiger partial charge is 0.123 e. The number of ether oxygens (including phenoxy) is 1. The van der Waals surface area contributed by atoms with Gasteiger partial charge in [0, 0.05) is 13.5 Å². The lowest BCUT2D eigenvalue weighted by atomic mass is 10.5. The van der Waals surface area contributed by atoms with E-state index in [2.05, 4.69) is 20.7 Å². The fourth-order valence-electron chi connectivity index (χ4n) is 0.172. The van der Waals surface area contributed by atoms with Crippen LogP contribution in [0.25, 0.3) is 0 Å². The Hall–Kier alpha value is 0.110. The zero-order chi connectivity index (χ0) is 5.70. The van der Waals surface area contributed by atoms with Gasteiger partial charge < -0.3 is 9.53 Å². The summed E-state index contributed by atoms with van der Waals surface area (Å²) in [7, 11) is 1.54. The minimum Gasteiger partial charge on any atom is -0.370 e. The molecule has 0 saturated heterocycles. The average Bonchev–Trinajstić information content (AvgIpc) is 1.68. The summed E-state index contributed by atoms with van der Waals surface area (Å²) in [6.07, 6.45) is 1.22. The maximum absolute atomic E-state index is 9.66. The van der Waals surface area contributed by atoms with Crippen molar-refractivity contribution in [3.05, 3.63) is 0 Å². The molecular weight excluding hydrogens is 160 g/mol. The summed E-state index contributed by atoms with van der Waals surface area (Å²) in [5.74, 6) is 0. The monoisotopic (exact) mass is 166 g/mol. The van der Waals surface area contributed by atoms with Crippen molar-refractivity contribution < 1.29 is 9.53 Å². The molecule has 0 bridgehead atoms. The number of methoxy groups -OCH3 is 1. The van der Waals surface area contributed by atoms with E-state index in [0.29, 0.717) is 6.42 Å². The van der Waals surface area contributed by atoms with E-state index in [-0.39, 0.29) is 5.01 Å². The van der Waals surface area contributed by atoms with Crippen LogP contribution in [0.4, 0.5) is 0 Å². The molecule has 0 N–H and O–H groups in total. The van der Waals surface area contributed by atoms with Gasteiger partial charge in [-0.1, -0.05) is 15.9 Å². The molecule has 0 aliphatic carbocycles. The van der Waals surface area contributed by atoms with E-state index in [1.165, 1.54) is 0 Å². The highest BCUT2D eigenvalue weighted by molar-refractivity contribution is 9.09. The maximum Gasteiger partial charge on any atom is 0.123 e. The van der Waals surface area contributed by atoms with Gasteiger partial charge in [0.15, 0.2) is 0 Å². The number of hydrogen-bond donors (Lipinski definition) is 0. The van der Waals surface area contributed by atoms with E-state index < -0.39 is 0 Å². The van der Waals surface area contributed by atoms with Crippen LogP contribution in [0.1, 0.15) is 6.42 Å². The molecular formula is C4H7BrO2. The second-order valence-electron chi connectivity index (χ2n) is 1.05. The van der Waals surface area contributed by atoms with Crippen LogP contribution in [-0.4, -0.2) is 18.4 Å². The quantitative estimate of drug-likeness (QED) is 0.461. The normalized spacial score (nSPS) is 13.4. The topological polar surface area (TPSA) is 26.3 Å². The zero-order valence-corrected chi connectivity index (χ0v) is 5.64. The lowest BCUT2D eigenvalue weighted by Gasteiger charge is -1.98. The van der Waals surface area contributed by atoms with Crippen LogP contribution >= 0.6 is 15.9 Å². The molecule has 0 aliphatic heterocycles. The van der Waals surface area contributed by atoms with Crippen LogP contribution in [0.5, 0.6) is 0 Å². The fraction of sp³-hybridized carbons (Fsp3) is 0.750. The van der Waals surface area contributed by atoms with Crippen molar-refractivity contribution in [2.24, 2.45) is 0 Å². The third-order valence-corrected chi connectivity index (χ3v) is 1.28. The lowest BCUT2D eigenvalue weighted by Crippen LogP contribution is -1.99. The number of carbonyl (C=O) groups is 1. The first-order valence-corrected chi connectivity index (χ1v) is 2.83. The molecule has 0 heterocycles. The highest BCUT2D eigenvalue weighted by Crippen LogP contribution is 2.01. The van der Waals surface area contributed by atoms with Gasteiger partial charge in [-0.15, -0.1) is 0 Å². The predicted molar refractivity (Wildman–Crippen MR) is 30.4 cm³/mol. The Morgan fingerprint density at radius 2 is 2.57 bits per heavy atom. The summed E-state index contributed by atoms with van der Waals surface area (Å²) in [5.41, 5.74) is 0. The molecule has 0 aliphatic rings. The predicted octanol–water partition coefficient (Wildman–Crippen LogP) is 0.943. The van der Waals surface area contributed by atoms with E-state index in [4.69, 9.17) is 0 Å². The molecule has 0 fully saturated rings. The molecule has 1 atom stereocenters. The zero-order valence-electron chi connectivity index (χ0n) is 4.06. The third-order valence-electron chi connectivity index (χ3n) is 0.537. The molecule has 42 valence electrons. The molecule has 0 saturated carbocycles. The molecule has 0 spiro atoms. The largest absolute Gasteiger partial charge is 0.370 e. The molecule has 0 aromatic heterocycles. The van der Waals surface area contributed by atoms with Crippen LogP contribution < -0.4 is 0 Å². The van der Waals surface area contributed by atoms with Gasteiger partial charge in [0.05, 0.1) is 0 Å². The van der Waals surface area contributed by atoms with Crippen LogP contribution in [0, 0.1) is 0 Å². The minimum atomic E-state index is -0.106. The van der Waals surface area contributed by atoms with Crippen molar-refractivity contribution in [1.29, 1.82) is 0 Å². The highest BCUT2D eigenvalue weighted by atomic mass is 79.9. The van der Waals surface area contributed by atoms with E-state index >= 15 is 0 Å². The van der Waals surface area contributed by atoms with Gasteiger partial charge in [-0.05, 0) is 0 Å². The Balaban J connectivity index is 2.98. The van der Waals surface area contributed by atoms with Gasteiger partial charge in [0.25, 0.3) is 0 Å². The molecule has 1 unspecified atom stereocenters. The Morgan fingerprint density at radius 1 is 2.00 bits per heavy atom. The number of aldehydes is 1. The Labute approximate surface area is 51.0 Å². The standard InChI is InChI=1S/C4H7BrO2/c1-7-4(5)2-3-6/h3-4H,2H2,1H3. The summed E-state index contributed by atoms with van der Waals surface area (Å²) in [6.45, 7) is 0. The second-order valence-corrected chi connectivity index (χ2v) is 2.07. The van der Waals surface area contributed by atoms with Gasteiger partial charge in [-0.3, -0.25) is 0 Å². The molecule has 2 nitrogen and oxygen atoms in total. The molecule has 7 heavy (non-hydrogen) atoms. The average molecular weight is 167 g/mol. The number of rotatable bonds is 3. The number of carbonyl (C=O) groups excluding carboxylic acids is 1. The SMILES string of the molecule is COC(Br)CC=O. The highest BCUT2D eigenvalue weighted by Gasteiger charge is 1.95. The van der Waals surface area contributed by atoms with Crippen molar-refractivity contribution in [2.75, 3.05) is 7.11 Å². The third kappa shape index (κ3) is 3.95. The first-order chi connectivity index (χ1) is 3.31. The van der Waals surface area contributed by atoms with Gasteiger partial charge in [0.2, 0.25) is 0 Å². The summed E-state index contributed by atoms with van der Waals surface area (Å²) in [5, 5.41) is -0.106. The van der Waals surface area contributed by atoms with Gasteiger partial charge in [0.1, 0.15) is 11.3 Å². The van der Waals surface area contributed by atoms with Crippen LogP contribution in [0.2, 0.25) is 0 Å². The van der Waals surface area contributed by atoms with Crippen molar-refractivity contribution >= 4 is 22.2 Å². The van der Waals surface area contributed by atoms with Crippen LogP contribution in [0.15, 0.2) is 0 Å². The van der Waals surface area contributed by atoms with E-state index in [1.54, 1.807) is 7.11 Å². The van der Waals surface area contributed by atoms with Crippen molar-refractivity contribution in [3.8, 4) is 0 Å². The fourth-order valence-corrected chi connectivity index (χ4v) is 0.324. The Morgan fingerprint density at radius 3 is 2.71 bits per heavy atom. The van der Waals surface area contributed by atoms with Crippen molar-refractivity contribution in [3.63, 3.8) is 0 Å². The van der Waals surface area contributed by atoms with Gasteiger partial charge in [-0.2, -0.15) is 0 Å². The maximum atomic E-state index is 9.66. The first-order valence-electron chi connectivity index (χ1n) is 1.91. The molecule has 0 rings (SSSR count). The Kier molecular flexibility index (Phi) is 4.34. The minimum absolute atomic E-state index is 0.106. The molecule has 0 radical (unpaired) electrons. The number of halogens is 1. The van der Waals surface area contributed by atoms with E-state index in [9.17, 15) is 4.79 Å². The van der Waals surface area contributed by atoms with Crippen molar-refractivity contribution in [2.45, 2.75) is 11.4 Å². The van der Waals surface area contributed by atoms with Crippen LogP contribution in [-0.2, 0) is 9.53 Å². The lowest BCUT2D eigenvalue weighted by molar-refractivity contribution is -0.108. The second kappa shape index (κ2) is 4.27. The first kappa shape index (κ1) is 7.11. The molecule has 0 amide bonds. The van der Waals surface area contributed by atoms with Gasteiger partial charge >= 0.3 is 0 Å². The Bertz CT molecular complexity index is 55.7. The van der Waals surface area contributed by atoms with E-state index in [1.807, 2.05) is 0 Å². The summed E-state index contributed by atoms with van der Waals surface area (Å²) in [4.78, 5) is 9.66. The summed E-state index contributed by atoms with van der Waals surface area (Å²) < 4.78 is 4.68. The van der Waals surface area contributed by atoms with Crippen LogP contribution in [0.3, 0.4) is 0 Å². The van der Waals surface area contributed by atoms with Crippen molar-refractivity contribution in [1.82, 2.24) is 0 Å². The molecule has 0 aromatic rings. The molecule has 0 aromatic carbocycles. The summed E-state index contributed by atoms with van der Waals surface area (Å²) in [6, 6.07) is 0. The summed E-state index contributed by atoms with van der Waals surface area (Å²) >= 11 is 3.08. The molecule has 3 heteroatoms. The number of hydrogen-bond acceptors (Lipinski definition) is 2.